The zero-order chi connectivity index (χ0) is 15.0. The van der Waals surface area contributed by atoms with Crippen LogP contribution in [0.3, 0.4) is 0 Å². The summed E-state index contributed by atoms with van der Waals surface area (Å²) in [6.07, 6.45) is 2.99. The molecule has 0 saturated carbocycles. The molecule has 1 fully saturated rings. The van der Waals surface area contributed by atoms with Crippen molar-refractivity contribution < 1.29 is 14.3 Å². The van der Waals surface area contributed by atoms with Crippen molar-refractivity contribution in [1.82, 2.24) is 4.90 Å². The van der Waals surface area contributed by atoms with Gasteiger partial charge in [-0.1, -0.05) is 30.3 Å². The van der Waals surface area contributed by atoms with Gasteiger partial charge in [0.05, 0.1) is 17.7 Å². The number of allylic oxidation sites excluding steroid dienone is 1. The maximum absolute atomic E-state index is 12.4. The fourth-order valence-electron chi connectivity index (χ4n) is 3.28. The number of rotatable bonds is 3. The summed E-state index contributed by atoms with van der Waals surface area (Å²) in [5.41, 5.74) is 0.606. The second-order valence-electron chi connectivity index (χ2n) is 6.23. The number of nitrogens with zero attached hydrogens (tertiary/aromatic N) is 1. The van der Waals surface area contributed by atoms with E-state index in [0.29, 0.717) is 13.0 Å². The molecule has 110 valence electrons. The maximum Gasteiger partial charge on any atom is 0.231 e. The Morgan fingerprint density at radius 2 is 1.95 bits per heavy atom. The fourth-order valence-corrected chi connectivity index (χ4v) is 3.28. The third-order valence-electron chi connectivity index (χ3n) is 4.34. The third-order valence-corrected chi connectivity index (χ3v) is 4.34. The first-order chi connectivity index (χ1) is 10.00. The van der Waals surface area contributed by atoms with Crippen molar-refractivity contribution in [2.75, 3.05) is 0 Å². The molecule has 1 saturated heterocycles. The molecule has 3 rings (SSSR count). The van der Waals surface area contributed by atoms with Crippen LogP contribution < -0.4 is 0 Å². The van der Waals surface area contributed by atoms with Gasteiger partial charge < -0.3 is 9.64 Å². The van der Waals surface area contributed by atoms with Crippen molar-refractivity contribution >= 4 is 11.7 Å². The van der Waals surface area contributed by atoms with Crippen LogP contribution in [-0.2, 0) is 20.9 Å². The number of β-lactam (4-membered cyclic amide) rings is 1. The lowest BCUT2D eigenvalue weighted by atomic mass is 9.70. The van der Waals surface area contributed by atoms with Crippen LogP contribution >= 0.6 is 0 Å². The first-order valence-corrected chi connectivity index (χ1v) is 7.20. The van der Waals surface area contributed by atoms with Crippen molar-refractivity contribution in [2.45, 2.75) is 39.0 Å². The van der Waals surface area contributed by atoms with Crippen molar-refractivity contribution in [3.8, 4) is 0 Å². The molecule has 2 atom stereocenters. The number of ether oxygens (including phenoxy) is 1. The lowest BCUT2D eigenvalue weighted by molar-refractivity contribution is -0.182. The van der Waals surface area contributed by atoms with Crippen LogP contribution in [0.2, 0.25) is 0 Å². The van der Waals surface area contributed by atoms with Crippen LogP contribution in [0.5, 0.6) is 0 Å². The number of ketones is 1. The zero-order valence-electron chi connectivity index (χ0n) is 12.3. The quantitative estimate of drug-likeness (QED) is 0.801. The molecule has 4 heteroatoms. The van der Waals surface area contributed by atoms with E-state index in [-0.39, 0.29) is 23.8 Å². The minimum absolute atomic E-state index is 0.0565. The van der Waals surface area contributed by atoms with E-state index in [1.54, 1.807) is 0 Å². The van der Waals surface area contributed by atoms with Gasteiger partial charge in [-0.3, -0.25) is 9.59 Å². The highest BCUT2D eigenvalue weighted by Crippen LogP contribution is 2.43. The molecule has 0 radical (unpaired) electrons. The Bertz CT molecular complexity index is 591. The van der Waals surface area contributed by atoms with E-state index in [0.717, 1.165) is 5.56 Å². The summed E-state index contributed by atoms with van der Waals surface area (Å²) >= 11 is 0. The van der Waals surface area contributed by atoms with Gasteiger partial charge in [0.1, 0.15) is 6.10 Å². The average Bonchev–Trinajstić information content (AvgIpc) is 2.47. The summed E-state index contributed by atoms with van der Waals surface area (Å²) in [4.78, 5) is 25.8. The van der Waals surface area contributed by atoms with Crippen LogP contribution in [0.25, 0.3) is 0 Å². The molecule has 1 aromatic carbocycles. The van der Waals surface area contributed by atoms with E-state index in [1.807, 2.05) is 49.1 Å². The monoisotopic (exact) mass is 285 g/mol. The van der Waals surface area contributed by atoms with E-state index in [9.17, 15) is 9.59 Å². The minimum atomic E-state index is -0.481. The third kappa shape index (κ3) is 2.35. The molecule has 2 heterocycles. The van der Waals surface area contributed by atoms with Crippen molar-refractivity contribution in [3.63, 3.8) is 0 Å². The molecule has 0 aromatic heterocycles. The Morgan fingerprint density at radius 1 is 1.24 bits per heavy atom. The number of carbonyl (C=O) groups is 2. The van der Waals surface area contributed by atoms with Gasteiger partial charge in [0, 0.05) is 19.0 Å². The van der Waals surface area contributed by atoms with E-state index >= 15 is 0 Å². The molecule has 0 N–H and O–H groups in total. The molecule has 2 aliphatic heterocycles. The molecule has 0 spiro atoms. The summed E-state index contributed by atoms with van der Waals surface area (Å²) < 4.78 is 5.61. The Morgan fingerprint density at radius 3 is 2.62 bits per heavy atom. The molecule has 0 unspecified atom stereocenters. The zero-order valence-corrected chi connectivity index (χ0v) is 12.3. The standard InChI is InChI=1S/C17H19NO3/c1-17(2)15(14-10-13(19)8-9-21-14)18(16(17)20)11-12-6-4-3-5-7-12/h3-9,14-15H,10-11H2,1-2H3/t14-,15-/m0/s1. The summed E-state index contributed by atoms with van der Waals surface area (Å²) in [6.45, 7) is 4.41. The SMILES string of the molecule is CC1(C)C(=O)N(Cc2ccccc2)[C@H]1[C@@H]1CC(=O)C=CO1. The van der Waals surface area contributed by atoms with Crippen LogP contribution in [0.1, 0.15) is 25.8 Å². The summed E-state index contributed by atoms with van der Waals surface area (Å²) in [7, 11) is 0. The highest BCUT2D eigenvalue weighted by Gasteiger charge is 2.58. The number of benzene rings is 1. The Labute approximate surface area is 124 Å². The smallest absolute Gasteiger partial charge is 0.231 e. The molecule has 4 nitrogen and oxygen atoms in total. The summed E-state index contributed by atoms with van der Waals surface area (Å²) in [5, 5.41) is 0. The fraction of sp³-hybridized carbons (Fsp3) is 0.412. The normalized spacial score (nSPS) is 27.2. The van der Waals surface area contributed by atoms with Crippen molar-refractivity contribution in [2.24, 2.45) is 5.41 Å². The minimum Gasteiger partial charge on any atom is -0.495 e. The molecule has 2 aliphatic rings. The molecule has 1 amide bonds. The molecular weight excluding hydrogens is 266 g/mol. The van der Waals surface area contributed by atoms with Gasteiger partial charge in [0.15, 0.2) is 5.78 Å². The second-order valence-corrected chi connectivity index (χ2v) is 6.23. The largest absolute Gasteiger partial charge is 0.495 e. The van der Waals surface area contributed by atoms with Crippen LogP contribution in [-0.4, -0.2) is 28.7 Å². The van der Waals surface area contributed by atoms with Gasteiger partial charge in [-0.15, -0.1) is 0 Å². The second kappa shape index (κ2) is 5.02. The first-order valence-electron chi connectivity index (χ1n) is 7.20. The van der Waals surface area contributed by atoms with Gasteiger partial charge in [-0.25, -0.2) is 0 Å². The molecule has 1 aromatic rings. The number of hydrogen-bond donors (Lipinski definition) is 0. The Balaban J connectivity index is 1.80. The molecule has 0 aliphatic carbocycles. The molecule has 0 bridgehead atoms. The predicted molar refractivity (Wildman–Crippen MR) is 78.2 cm³/mol. The van der Waals surface area contributed by atoms with Crippen LogP contribution in [0.15, 0.2) is 42.7 Å². The summed E-state index contributed by atoms with van der Waals surface area (Å²) in [5.74, 6) is 0.169. The number of carbonyl (C=O) groups excluding carboxylic acids is 2. The lowest BCUT2D eigenvalue weighted by Gasteiger charge is -2.55. The highest BCUT2D eigenvalue weighted by molar-refractivity contribution is 5.92. The molecule has 21 heavy (non-hydrogen) atoms. The van der Waals surface area contributed by atoms with Gasteiger partial charge >= 0.3 is 0 Å². The van der Waals surface area contributed by atoms with E-state index < -0.39 is 5.41 Å². The Kier molecular flexibility index (Phi) is 3.32. The van der Waals surface area contributed by atoms with Gasteiger partial charge in [0.25, 0.3) is 0 Å². The molecular formula is C17H19NO3. The topological polar surface area (TPSA) is 46.6 Å². The van der Waals surface area contributed by atoms with E-state index in [4.69, 9.17) is 4.74 Å². The maximum atomic E-state index is 12.4. The highest BCUT2D eigenvalue weighted by atomic mass is 16.5. The van der Waals surface area contributed by atoms with Gasteiger partial charge in [-0.2, -0.15) is 0 Å². The number of likely N-dealkylation sites (tertiary alicyclic amines) is 1. The van der Waals surface area contributed by atoms with Crippen LogP contribution in [0.4, 0.5) is 0 Å². The predicted octanol–water partition coefficient (Wildman–Crippen LogP) is 2.30. The summed E-state index contributed by atoms with van der Waals surface area (Å²) in [6, 6.07) is 9.81. The van der Waals surface area contributed by atoms with E-state index in [1.165, 1.54) is 12.3 Å². The lowest BCUT2D eigenvalue weighted by Crippen LogP contribution is -2.70. The van der Waals surface area contributed by atoms with Crippen LogP contribution in [0, 0.1) is 5.41 Å². The first kappa shape index (κ1) is 13.9. The number of hydrogen-bond acceptors (Lipinski definition) is 3. The van der Waals surface area contributed by atoms with E-state index in [2.05, 4.69) is 0 Å². The van der Waals surface area contributed by atoms with Gasteiger partial charge in [0.2, 0.25) is 5.91 Å². The van der Waals surface area contributed by atoms with Gasteiger partial charge in [-0.05, 0) is 19.4 Å². The van der Waals surface area contributed by atoms with Crippen molar-refractivity contribution in [3.05, 3.63) is 48.2 Å². The average molecular weight is 285 g/mol. The van der Waals surface area contributed by atoms with Crippen molar-refractivity contribution in [1.29, 1.82) is 0 Å². The Hall–Kier alpha value is -2.10. The number of amides is 1.